The molecule has 0 N–H and O–H groups in total. The molecule has 0 saturated heterocycles. The van der Waals surface area contributed by atoms with Crippen LogP contribution < -0.4 is 9.47 Å². The van der Waals surface area contributed by atoms with Crippen molar-refractivity contribution in [2.45, 2.75) is 0 Å². The Hall–Kier alpha value is -7.63. The number of hydrogen-bond acceptors (Lipinski definition) is 5. The lowest BCUT2D eigenvalue weighted by atomic mass is 9.90. The molecule has 0 saturated carbocycles. The third kappa shape index (κ3) is 5.45. The zero-order valence-electron chi connectivity index (χ0n) is 30.1. The van der Waals surface area contributed by atoms with Crippen molar-refractivity contribution in [2.75, 3.05) is 0 Å². The molecule has 1 aliphatic rings. The molecule has 0 atom stereocenters. The highest BCUT2D eigenvalue weighted by Gasteiger charge is 2.23. The smallest absolute Gasteiger partial charge is 0.177 e. The van der Waals surface area contributed by atoms with Crippen LogP contribution in [-0.2, 0) is 0 Å². The van der Waals surface area contributed by atoms with Crippen LogP contribution in [0.25, 0.3) is 88.7 Å². The van der Waals surface area contributed by atoms with E-state index >= 15 is 0 Å². The minimum absolute atomic E-state index is 0.574. The second-order valence-electron chi connectivity index (χ2n) is 14.0. The highest BCUT2D eigenvalue weighted by atomic mass is 16.6. The van der Waals surface area contributed by atoms with Crippen LogP contribution in [0.3, 0.4) is 0 Å². The van der Waals surface area contributed by atoms with Crippen molar-refractivity contribution < 1.29 is 9.47 Å². The van der Waals surface area contributed by atoms with E-state index in [1.54, 1.807) is 0 Å². The number of fused-ring (bicyclic) bond motifs is 8. The van der Waals surface area contributed by atoms with Crippen LogP contribution in [0.15, 0.2) is 188 Å². The number of rotatable bonds is 5. The summed E-state index contributed by atoms with van der Waals surface area (Å²) in [7, 11) is 0. The molecule has 5 heteroatoms. The van der Waals surface area contributed by atoms with Crippen molar-refractivity contribution in [1.82, 2.24) is 15.0 Å². The SMILES string of the molecule is c1ccc(-c2nc(-c3ccccc3)nc(-c3cc(-c4ccc5c6ccccc6c6ccccc6c5c4)cc(-c4cccc5c4Oc4ccccc4O5)c3)n2)cc1. The maximum absolute atomic E-state index is 6.59. The average Bonchev–Trinajstić information content (AvgIpc) is 3.28. The predicted octanol–water partition coefficient (Wildman–Crippen LogP) is 13.6. The molecule has 0 radical (unpaired) electrons. The van der Waals surface area contributed by atoms with Gasteiger partial charge in [-0.1, -0.05) is 146 Å². The third-order valence-corrected chi connectivity index (χ3v) is 10.5. The molecular formula is C51H31N3O2. The summed E-state index contributed by atoms with van der Waals surface area (Å²) in [5.74, 6) is 4.48. The average molecular weight is 718 g/mol. The molecule has 0 bridgehead atoms. The molecule has 10 aromatic rings. The number of aromatic nitrogens is 3. The van der Waals surface area contributed by atoms with Gasteiger partial charge in [0.05, 0.1) is 0 Å². The van der Waals surface area contributed by atoms with E-state index in [1.165, 1.54) is 32.3 Å². The van der Waals surface area contributed by atoms with Crippen LogP contribution in [0.1, 0.15) is 0 Å². The molecule has 0 amide bonds. The Bertz CT molecular complexity index is 3050. The van der Waals surface area contributed by atoms with Gasteiger partial charge >= 0.3 is 0 Å². The second-order valence-corrected chi connectivity index (χ2v) is 14.0. The number of nitrogens with zero attached hydrogens (tertiary/aromatic N) is 3. The minimum Gasteiger partial charge on any atom is -0.449 e. The van der Waals surface area contributed by atoms with Gasteiger partial charge in [-0.3, -0.25) is 0 Å². The molecule has 5 nitrogen and oxygen atoms in total. The molecule has 0 aliphatic carbocycles. The fourth-order valence-corrected chi connectivity index (χ4v) is 7.88. The van der Waals surface area contributed by atoms with E-state index in [-0.39, 0.29) is 0 Å². The summed E-state index contributed by atoms with van der Waals surface area (Å²) in [6, 6.07) is 64.7. The van der Waals surface area contributed by atoms with Crippen LogP contribution in [0.2, 0.25) is 0 Å². The van der Waals surface area contributed by atoms with Crippen LogP contribution in [0.5, 0.6) is 23.0 Å². The van der Waals surface area contributed by atoms with Crippen molar-refractivity contribution in [3.8, 4) is 79.4 Å². The number of hydrogen-bond donors (Lipinski definition) is 0. The Kier molecular flexibility index (Phi) is 7.42. The molecule has 2 heterocycles. The molecule has 9 aromatic carbocycles. The molecule has 1 aliphatic heterocycles. The number of benzene rings is 9. The molecule has 56 heavy (non-hydrogen) atoms. The van der Waals surface area contributed by atoms with Gasteiger partial charge in [0, 0.05) is 22.3 Å². The van der Waals surface area contributed by atoms with E-state index in [1.807, 2.05) is 97.1 Å². The first-order valence-corrected chi connectivity index (χ1v) is 18.7. The first-order valence-electron chi connectivity index (χ1n) is 18.7. The zero-order chi connectivity index (χ0) is 37.0. The van der Waals surface area contributed by atoms with E-state index in [0.29, 0.717) is 40.5 Å². The van der Waals surface area contributed by atoms with Crippen LogP contribution >= 0.6 is 0 Å². The van der Waals surface area contributed by atoms with Gasteiger partial charge in [0.2, 0.25) is 0 Å². The van der Waals surface area contributed by atoms with E-state index < -0.39 is 0 Å². The summed E-state index contributed by atoms with van der Waals surface area (Å²) in [4.78, 5) is 15.2. The third-order valence-electron chi connectivity index (χ3n) is 10.5. The fraction of sp³-hybridized carbons (Fsp3) is 0. The van der Waals surface area contributed by atoms with Crippen LogP contribution in [0.4, 0.5) is 0 Å². The van der Waals surface area contributed by atoms with E-state index in [2.05, 4.69) is 91.0 Å². The number of para-hydroxylation sites is 3. The summed E-state index contributed by atoms with van der Waals surface area (Å²) in [6.07, 6.45) is 0. The van der Waals surface area contributed by atoms with Crippen LogP contribution in [-0.4, -0.2) is 15.0 Å². The van der Waals surface area contributed by atoms with Gasteiger partial charge in [0.1, 0.15) is 0 Å². The Morgan fingerprint density at radius 3 is 1.36 bits per heavy atom. The maximum Gasteiger partial charge on any atom is 0.177 e. The van der Waals surface area contributed by atoms with Crippen molar-refractivity contribution in [2.24, 2.45) is 0 Å². The summed E-state index contributed by atoms with van der Waals surface area (Å²) < 4.78 is 13.0. The molecule has 1 aromatic heterocycles. The molecule has 0 fully saturated rings. The van der Waals surface area contributed by atoms with Crippen molar-refractivity contribution >= 4 is 32.3 Å². The number of ether oxygens (including phenoxy) is 2. The van der Waals surface area contributed by atoms with Gasteiger partial charge in [-0.15, -0.1) is 0 Å². The Labute approximate surface area is 323 Å². The Balaban J connectivity index is 1.16. The molecule has 0 unspecified atom stereocenters. The van der Waals surface area contributed by atoms with Crippen molar-refractivity contribution in [3.63, 3.8) is 0 Å². The quantitative estimate of drug-likeness (QED) is 0.166. The zero-order valence-corrected chi connectivity index (χ0v) is 30.1. The fourth-order valence-electron chi connectivity index (χ4n) is 7.88. The maximum atomic E-state index is 6.59. The molecular weight excluding hydrogens is 687 g/mol. The Morgan fingerprint density at radius 2 is 0.732 bits per heavy atom. The van der Waals surface area contributed by atoms with E-state index in [9.17, 15) is 0 Å². The van der Waals surface area contributed by atoms with Gasteiger partial charge in [0.25, 0.3) is 0 Å². The highest BCUT2D eigenvalue weighted by molar-refractivity contribution is 6.25. The second kappa shape index (κ2) is 13.0. The predicted molar refractivity (Wildman–Crippen MR) is 226 cm³/mol. The van der Waals surface area contributed by atoms with Gasteiger partial charge in [-0.2, -0.15) is 0 Å². The summed E-state index contributed by atoms with van der Waals surface area (Å²) >= 11 is 0. The minimum atomic E-state index is 0.574. The topological polar surface area (TPSA) is 57.1 Å². The van der Waals surface area contributed by atoms with Gasteiger partial charge in [0.15, 0.2) is 40.5 Å². The van der Waals surface area contributed by atoms with Gasteiger partial charge in [-0.05, 0) is 91.5 Å². The first-order chi connectivity index (χ1) is 27.7. The standard InChI is InChI=1S/C51H31N3O2/c1-3-14-32(15-4-1)49-52-50(33-16-5-2-6-17-33)54-51(53-49)37-29-35(28-36(30-37)38-22-13-25-47-48(38)56-46-24-12-11-23-45(46)55-47)34-26-27-43-41-20-8-7-18-39(41)40-19-9-10-21-42(40)44(43)31-34/h1-31H. The molecule has 11 rings (SSSR count). The Morgan fingerprint density at radius 1 is 0.268 bits per heavy atom. The monoisotopic (exact) mass is 717 g/mol. The largest absolute Gasteiger partial charge is 0.449 e. The lowest BCUT2D eigenvalue weighted by molar-refractivity contribution is 0.361. The lowest BCUT2D eigenvalue weighted by Crippen LogP contribution is -2.01. The molecule has 0 spiro atoms. The van der Waals surface area contributed by atoms with Crippen molar-refractivity contribution in [1.29, 1.82) is 0 Å². The first kappa shape index (κ1) is 31.9. The van der Waals surface area contributed by atoms with Crippen molar-refractivity contribution in [3.05, 3.63) is 188 Å². The summed E-state index contributed by atoms with van der Waals surface area (Å²) in [5, 5.41) is 7.37. The summed E-state index contributed by atoms with van der Waals surface area (Å²) in [6.45, 7) is 0. The highest BCUT2D eigenvalue weighted by Crippen LogP contribution is 2.50. The van der Waals surface area contributed by atoms with E-state index in [0.717, 1.165) is 38.9 Å². The normalized spacial score (nSPS) is 11.9. The lowest BCUT2D eigenvalue weighted by Gasteiger charge is -2.23. The van der Waals surface area contributed by atoms with Gasteiger partial charge in [-0.25, -0.2) is 15.0 Å². The van der Waals surface area contributed by atoms with Gasteiger partial charge < -0.3 is 9.47 Å². The van der Waals surface area contributed by atoms with E-state index in [4.69, 9.17) is 24.4 Å². The molecule has 262 valence electrons. The summed E-state index contributed by atoms with van der Waals surface area (Å²) in [5.41, 5.74) is 6.64. The van der Waals surface area contributed by atoms with Crippen LogP contribution in [0, 0.1) is 0 Å².